The van der Waals surface area contributed by atoms with E-state index in [2.05, 4.69) is 4.98 Å². The van der Waals surface area contributed by atoms with Gasteiger partial charge in [-0.15, -0.1) is 11.3 Å². The molecule has 104 valence electrons. The van der Waals surface area contributed by atoms with Gasteiger partial charge < -0.3 is 10.3 Å². The molecule has 0 spiro atoms. The second-order valence-electron chi connectivity index (χ2n) is 4.41. The number of hydrogen-bond acceptors (Lipinski definition) is 3. The van der Waals surface area contributed by atoms with Crippen LogP contribution < -0.4 is 5.73 Å². The molecule has 1 unspecified atom stereocenters. The zero-order valence-corrected chi connectivity index (χ0v) is 12.7. The van der Waals surface area contributed by atoms with E-state index in [-0.39, 0.29) is 11.1 Å². The Morgan fingerprint density at radius 2 is 2.10 bits per heavy atom. The number of nitrogens with zero attached hydrogens (tertiary/aromatic N) is 2. The molecule has 3 rings (SSSR count). The molecule has 1 aromatic carbocycles. The highest BCUT2D eigenvalue weighted by atomic mass is 35.5. The van der Waals surface area contributed by atoms with Crippen LogP contribution in [0.2, 0.25) is 9.36 Å². The molecule has 0 aliphatic heterocycles. The molecule has 3 nitrogen and oxygen atoms in total. The lowest BCUT2D eigenvalue weighted by molar-refractivity contribution is 0.626. The number of imidazole rings is 1. The predicted octanol–water partition coefficient (Wildman–Crippen LogP) is 4.74. The number of nitrogen functional groups attached to an aromatic ring is 1. The van der Waals surface area contributed by atoms with Crippen molar-refractivity contribution in [2.45, 2.75) is 13.0 Å². The number of rotatable bonds is 2. The molecule has 0 bridgehead atoms. The standard InChI is InChI=1S/C13H10Cl2FN3S/c1-6(11-2-3-12(15)20-11)19-10-5-8(16)7(14)4-9(10)18-13(19)17/h2-6H,1H3,(H2,17,18). The molecule has 0 saturated carbocycles. The lowest BCUT2D eigenvalue weighted by Gasteiger charge is -2.14. The van der Waals surface area contributed by atoms with Crippen molar-refractivity contribution in [1.29, 1.82) is 0 Å². The Labute approximate surface area is 128 Å². The van der Waals surface area contributed by atoms with Crippen LogP contribution >= 0.6 is 34.5 Å². The Morgan fingerprint density at radius 3 is 2.75 bits per heavy atom. The fourth-order valence-electron chi connectivity index (χ4n) is 2.20. The molecule has 0 saturated heterocycles. The van der Waals surface area contributed by atoms with Crippen LogP contribution in [-0.4, -0.2) is 9.55 Å². The summed E-state index contributed by atoms with van der Waals surface area (Å²) in [5.41, 5.74) is 7.14. The fourth-order valence-corrected chi connectivity index (χ4v) is 3.46. The lowest BCUT2D eigenvalue weighted by Crippen LogP contribution is -2.09. The van der Waals surface area contributed by atoms with Crippen LogP contribution in [0.3, 0.4) is 0 Å². The van der Waals surface area contributed by atoms with E-state index < -0.39 is 5.82 Å². The van der Waals surface area contributed by atoms with E-state index in [9.17, 15) is 4.39 Å². The summed E-state index contributed by atoms with van der Waals surface area (Å²) in [6, 6.07) is 6.50. The van der Waals surface area contributed by atoms with Crippen molar-refractivity contribution in [3.63, 3.8) is 0 Å². The summed E-state index contributed by atoms with van der Waals surface area (Å²) < 4.78 is 16.1. The van der Waals surface area contributed by atoms with E-state index in [0.29, 0.717) is 21.3 Å². The molecule has 2 heterocycles. The molecular weight excluding hydrogens is 320 g/mol. The number of thiophene rings is 1. The van der Waals surface area contributed by atoms with Crippen molar-refractivity contribution in [1.82, 2.24) is 9.55 Å². The smallest absolute Gasteiger partial charge is 0.201 e. The van der Waals surface area contributed by atoms with Gasteiger partial charge >= 0.3 is 0 Å². The van der Waals surface area contributed by atoms with Gasteiger partial charge in [-0.25, -0.2) is 9.37 Å². The molecule has 0 aliphatic carbocycles. The van der Waals surface area contributed by atoms with Gasteiger partial charge in [-0.05, 0) is 25.1 Å². The number of anilines is 1. The Balaban J connectivity index is 2.20. The summed E-state index contributed by atoms with van der Waals surface area (Å²) in [7, 11) is 0. The Bertz CT molecular complexity index is 796. The van der Waals surface area contributed by atoms with Crippen molar-refractivity contribution in [2.75, 3.05) is 5.73 Å². The monoisotopic (exact) mass is 329 g/mol. The number of aromatic nitrogens is 2. The maximum Gasteiger partial charge on any atom is 0.201 e. The maximum atomic E-state index is 13.7. The summed E-state index contributed by atoms with van der Waals surface area (Å²) in [6.07, 6.45) is 0. The molecule has 3 aromatic rings. The molecule has 7 heteroatoms. The predicted molar refractivity (Wildman–Crippen MR) is 82.3 cm³/mol. The number of halogens is 3. The average Bonchev–Trinajstić information content (AvgIpc) is 2.93. The molecule has 2 N–H and O–H groups in total. The summed E-state index contributed by atoms with van der Waals surface area (Å²) in [5.74, 6) is -0.171. The Kier molecular flexibility index (Phi) is 3.36. The van der Waals surface area contributed by atoms with E-state index in [1.165, 1.54) is 23.5 Å². The second-order valence-corrected chi connectivity index (χ2v) is 6.57. The molecule has 0 amide bonds. The number of fused-ring (bicyclic) bond motifs is 1. The zero-order valence-electron chi connectivity index (χ0n) is 10.4. The summed E-state index contributed by atoms with van der Waals surface area (Å²) in [4.78, 5) is 5.25. The summed E-state index contributed by atoms with van der Waals surface area (Å²) in [5, 5.41) is 0.0361. The van der Waals surface area contributed by atoms with Crippen LogP contribution in [0.1, 0.15) is 17.8 Å². The largest absolute Gasteiger partial charge is 0.369 e. The first kappa shape index (κ1) is 13.7. The lowest BCUT2D eigenvalue weighted by atomic mass is 10.2. The fraction of sp³-hybridized carbons (Fsp3) is 0.154. The molecule has 20 heavy (non-hydrogen) atoms. The normalized spacial score (nSPS) is 13.0. The third-order valence-electron chi connectivity index (χ3n) is 3.15. The number of benzene rings is 1. The molecular formula is C13H10Cl2FN3S. The van der Waals surface area contributed by atoms with Gasteiger partial charge in [0, 0.05) is 10.9 Å². The van der Waals surface area contributed by atoms with E-state index in [1.54, 1.807) is 4.57 Å². The van der Waals surface area contributed by atoms with Crippen LogP contribution in [0.4, 0.5) is 10.3 Å². The summed E-state index contributed by atoms with van der Waals surface area (Å²) >= 11 is 13.2. The Hall–Kier alpha value is -1.30. The molecule has 2 aromatic heterocycles. The molecule has 0 aliphatic rings. The van der Waals surface area contributed by atoms with Gasteiger partial charge in [0.1, 0.15) is 5.82 Å². The van der Waals surface area contributed by atoms with Gasteiger partial charge in [-0.2, -0.15) is 0 Å². The highest BCUT2D eigenvalue weighted by molar-refractivity contribution is 7.16. The van der Waals surface area contributed by atoms with Gasteiger partial charge in [-0.3, -0.25) is 0 Å². The van der Waals surface area contributed by atoms with Gasteiger partial charge in [0.05, 0.1) is 26.4 Å². The topological polar surface area (TPSA) is 43.8 Å². The quantitative estimate of drug-likeness (QED) is 0.738. The molecule has 0 radical (unpaired) electrons. The number of nitrogens with two attached hydrogens (primary N) is 1. The van der Waals surface area contributed by atoms with E-state index >= 15 is 0 Å². The van der Waals surface area contributed by atoms with Crippen molar-refractivity contribution >= 4 is 51.5 Å². The van der Waals surface area contributed by atoms with Crippen molar-refractivity contribution in [2.24, 2.45) is 0 Å². The minimum atomic E-state index is -0.489. The molecule has 0 fully saturated rings. The van der Waals surface area contributed by atoms with Crippen LogP contribution in [0, 0.1) is 5.82 Å². The van der Waals surface area contributed by atoms with Crippen molar-refractivity contribution in [3.8, 4) is 0 Å². The van der Waals surface area contributed by atoms with Crippen LogP contribution in [0.15, 0.2) is 24.3 Å². The van der Waals surface area contributed by atoms with Crippen LogP contribution in [0.5, 0.6) is 0 Å². The van der Waals surface area contributed by atoms with E-state index in [4.69, 9.17) is 28.9 Å². The third-order valence-corrected chi connectivity index (χ3v) is 4.84. The first-order valence-corrected chi connectivity index (χ1v) is 7.42. The molecule has 1 atom stereocenters. The van der Waals surface area contributed by atoms with Crippen molar-refractivity contribution < 1.29 is 4.39 Å². The van der Waals surface area contributed by atoms with Crippen LogP contribution in [0.25, 0.3) is 11.0 Å². The minimum absolute atomic E-state index is 0.0361. The van der Waals surface area contributed by atoms with E-state index in [0.717, 1.165) is 4.88 Å². The first-order valence-electron chi connectivity index (χ1n) is 5.85. The first-order chi connectivity index (χ1) is 9.47. The minimum Gasteiger partial charge on any atom is -0.369 e. The van der Waals surface area contributed by atoms with Crippen LogP contribution in [-0.2, 0) is 0 Å². The van der Waals surface area contributed by atoms with Gasteiger partial charge in [0.15, 0.2) is 0 Å². The second kappa shape index (κ2) is 4.91. The maximum absolute atomic E-state index is 13.7. The average molecular weight is 330 g/mol. The van der Waals surface area contributed by atoms with Gasteiger partial charge in [0.25, 0.3) is 0 Å². The van der Waals surface area contributed by atoms with Gasteiger partial charge in [-0.1, -0.05) is 23.2 Å². The van der Waals surface area contributed by atoms with Crippen molar-refractivity contribution in [3.05, 3.63) is 44.3 Å². The highest BCUT2D eigenvalue weighted by Crippen LogP contribution is 2.34. The SMILES string of the molecule is CC(c1ccc(Cl)s1)n1c(N)nc2cc(Cl)c(F)cc21. The zero-order chi connectivity index (χ0) is 14.4. The third kappa shape index (κ3) is 2.16. The van der Waals surface area contributed by atoms with Gasteiger partial charge in [0.2, 0.25) is 5.95 Å². The van der Waals surface area contributed by atoms with E-state index in [1.807, 2.05) is 19.1 Å². The highest BCUT2D eigenvalue weighted by Gasteiger charge is 2.18. The number of hydrogen-bond donors (Lipinski definition) is 1. The summed E-state index contributed by atoms with van der Waals surface area (Å²) in [6.45, 7) is 1.96. The Morgan fingerprint density at radius 1 is 1.35 bits per heavy atom.